The Kier molecular flexibility index (Phi) is 7.46. The second-order valence-electron chi connectivity index (χ2n) is 8.82. The SMILES string of the molecule is COc1ccc(CNC(=O)C2=NOC3(CCN(C(=O)Nc4ccccc4C(F)(F)F)CC3)C2)cc1OC. The number of oxime groups is 1. The lowest BCUT2D eigenvalue weighted by Crippen LogP contribution is -2.48. The minimum absolute atomic E-state index is 0.246. The molecule has 0 bridgehead atoms. The van der Waals surface area contributed by atoms with E-state index in [4.69, 9.17) is 14.3 Å². The zero-order valence-corrected chi connectivity index (χ0v) is 20.4. The molecule has 0 radical (unpaired) electrons. The molecule has 2 aromatic rings. The molecule has 2 heterocycles. The highest BCUT2D eigenvalue weighted by atomic mass is 19.4. The maximum atomic E-state index is 13.2. The first-order chi connectivity index (χ1) is 17.6. The summed E-state index contributed by atoms with van der Waals surface area (Å²) in [6.45, 7) is 0.741. The second-order valence-corrected chi connectivity index (χ2v) is 8.82. The van der Waals surface area contributed by atoms with Crippen LogP contribution in [0.5, 0.6) is 11.5 Å². The average molecular weight is 521 g/mol. The number of rotatable bonds is 6. The molecule has 0 saturated carbocycles. The number of methoxy groups -OCH3 is 2. The van der Waals surface area contributed by atoms with Crippen LogP contribution in [-0.2, 0) is 22.4 Å². The Hall–Kier alpha value is -3.96. The number of carbonyl (C=O) groups excluding carboxylic acids is 2. The van der Waals surface area contributed by atoms with Crippen LogP contribution in [0.2, 0.25) is 0 Å². The van der Waals surface area contributed by atoms with E-state index < -0.39 is 23.4 Å². The fourth-order valence-corrected chi connectivity index (χ4v) is 4.34. The number of nitrogens with one attached hydrogen (secondary N) is 2. The van der Waals surface area contributed by atoms with E-state index in [2.05, 4.69) is 15.8 Å². The third-order valence-electron chi connectivity index (χ3n) is 6.44. The van der Waals surface area contributed by atoms with E-state index in [0.717, 1.165) is 11.6 Å². The number of nitrogens with zero attached hydrogens (tertiary/aromatic N) is 2. The number of hydrogen-bond acceptors (Lipinski definition) is 6. The Morgan fingerprint density at radius 1 is 1.08 bits per heavy atom. The van der Waals surface area contributed by atoms with Crippen molar-refractivity contribution in [2.75, 3.05) is 32.6 Å². The van der Waals surface area contributed by atoms with Crippen molar-refractivity contribution in [3.05, 3.63) is 53.6 Å². The largest absolute Gasteiger partial charge is 0.493 e. The smallest absolute Gasteiger partial charge is 0.418 e. The molecule has 1 fully saturated rings. The van der Waals surface area contributed by atoms with Crippen molar-refractivity contribution in [2.24, 2.45) is 5.16 Å². The summed E-state index contributed by atoms with van der Waals surface area (Å²) in [5.74, 6) is 0.765. The summed E-state index contributed by atoms with van der Waals surface area (Å²) in [7, 11) is 3.07. The average Bonchev–Trinajstić information content (AvgIpc) is 3.30. The van der Waals surface area contributed by atoms with E-state index in [1.54, 1.807) is 12.1 Å². The number of carbonyl (C=O) groups is 2. The number of hydrogen-bond donors (Lipinski definition) is 2. The molecule has 2 aromatic carbocycles. The van der Waals surface area contributed by atoms with Crippen LogP contribution < -0.4 is 20.1 Å². The molecule has 12 heteroatoms. The van der Waals surface area contributed by atoms with Crippen LogP contribution in [0.4, 0.5) is 23.7 Å². The van der Waals surface area contributed by atoms with Gasteiger partial charge >= 0.3 is 12.2 Å². The molecule has 3 amide bonds. The highest BCUT2D eigenvalue weighted by molar-refractivity contribution is 6.39. The molecule has 0 atom stereocenters. The number of urea groups is 1. The van der Waals surface area contributed by atoms with Gasteiger partial charge in [0.25, 0.3) is 5.91 Å². The summed E-state index contributed by atoms with van der Waals surface area (Å²) in [6, 6.07) is 9.52. The highest BCUT2D eigenvalue weighted by Gasteiger charge is 2.44. The van der Waals surface area contributed by atoms with Crippen molar-refractivity contribution in [3.63, 3.8) is 0 Å². The summed E-state index contributed by atoms with van der Waals surface area (Å²) < 4.78 is 50.2. The summed E-state index contributed by atoms with van der Waals surface area (Å²) in [4.78, 5) is 32.3. The van der Waals surface area contributed by atoms with Crippen LogP contribution in [-0.4, -0.2) is 55.5 Å². The van der Waals surface area contributed by atoms with Gasteiger partial charge in [-0.05, 0) is 29.8 Å². The molecule has 4 rings (SSSR count). The Bertz CT molecular complexity index is 1190. The molecule has 0 aliphatic carbocycles. The number of piperidine rings is 1. The third-order valence-corrected chi connectivity index (χ3v) is 6.44. The minimum atomic E-state index is -4.58. The first-order valence-corrected chi connectivity index (χ1v) is 11.6. The van der Waals surface area contributed by atoms with Crippen molar-refractivity contribution in [3.8, 4) is 11.5 Å². The fourth-order valence-electron chi connectivity index (χ4n) is 4.34. The molecule has 37 heavy (non-hydrogen) atoms. The maximum Gasteiger partial charge on any atom is 0.418 e. The molecule has 198 valence electrons. The van der Waals surface area contributed by atoms with Crippen molar-refractivity contribution < 1.29 is 37.1 Å². The normalized spacial score (nSPS) is 16.6. The van der Waals surface area contributed by atoms with Crippen LogP contribution in [0, 0.1) is 0 Å². The number of ether oxygens (including phenoxy) is 2. The van der Waals surface area contributed by atoms with Gasteiger partial charge in [0.2, 0.25) is 0 Å². The molecule has 0 unspecified atom stereocenters. The Morgan fingerprint density at radius 2 is 1.78 bits per heavy atom. The Morgan fingerprint density at radius 3 is 2.46 bits per heavy atom. The predicted molar refractivity (Wildman–Crippen MR) is 129 cm³/mol. The van der Waals surface area contributed by atoms with Crippen molar-refractivity contribution in [2.45, 2.75) is 37.6 Å². The highest BCUT2D eigenvalue weighted by Crippen LogP contribution is 2.37. The predicted octanol–water partition coefficient (Wildman–Crippen LogP) is 4.18. The van der Waals surface area contributed by atoms with Gasteiger partial charge in [-0.25, -0.2) is 4.79 Å². The van der Waals surface area contributed by atoms with Gasteiger partial charge in [0.05, 0.1) is 25.5 Å². The summed E-state index contributed by atoms with van der Waals surface area (Å²) in [6.07, 6.45) is -3.53. The number of alkyl halides is 3. The number of para-hydroxylation sites is 1. The van der Waals surface area contributed by atoms with Gasteiger partial charge in [-0.1, -0.05) is 23.4 Å². The van der Waals surface area contributed by atoms with Crippen LogP contribution in [0.15, 0.2) is 47.6 Å². The van der Waals surface area contributed by atoms with Gasteiger partial charge in [0, 0.05) is 38.9 Å². The molecule has 2 N–H and O–H groups in total. The van der Waals surface area contributed by atoms with Crippen molar-refractivity contribution in [1.29, 1.82) is 0 Å². The lowest BCUT2D eigenvalue weighted by atomic mass is 9.87. The van der Waals surface area contributed by atoms with Gasteiger partial charge in [-0.2, -0.15) is 13.2 Å². The van der Waals surface area contributed by atoms with Gasteiger partial charge in [0.15, 0.2) is 11.5 Å². The van der Waals surface area contributed by atoms with Crippen molar-refractivity contribution >= 4 is 23.3 Å². The van der Waals surface area contributed by atoms with E-state index in [0.29, 0.717) is 24.3 Å². The van der Waals surface area contributed by atoms with Crippen molar-refractivity contribution in [1.82, 2.24) is 10.2 Å². The van der Waals surface area contributed by atoms with E-state index >= 15 is 0 Å². The van der Waals surface area contributed by atoms with Crippen LogP contribution >= 0.6 is 0 Å². The second kappa shape index (κ2) is 10.6. The number of benzene rings is 2. The zero-order valence-electron chi connectivity index (χ0n) is 20.4. The number of anilines is 1. The lowest BCUT2D eigenvalue weighted by molar-refractivity contribution is -0.136. The molecule has 2 aliphatic heterocycles. The van der Waals surface area contributed by atoms with Gasteiger partial charge in [-0.15, -0.1) is 0 Å². The topological polar surface area (TPSA) is 101 Å². The van der Waals surface area contributed by atoms with E-state index in [9.17, 15) is 22.8 Å². The van der Waals surface area contributed by atoms with Gasteiger partial charge < -0.3 is 29.8 Å². The van der Waals surface area contributed by atoms with Crippen LogP contribution in [0.25, 0.3) is 0 Å². The third kappa shape index (κ3) is 5.89. The molecule has 2 aliphatic rings. The number of amides is 3. The standard InChI is InChI=1S/C25H27F3N4O5/c1-35-20-8-7-16(13-21(20)36-2)15-29-22(33)19-14-24(37-31-19)9-11-32(12-10-24)23(34)30-18-6-4-3-5-17(18)25(26,27)28/h3-8,13H,9-12,14-15H2,1-2H3,(H,29,33)(H,30,34). The fraction of sp³-hybridized carbons (Fsp3) is 0.400. The maximum absolute atomic E-state index is 13.2. The summed E-state index contributed by atoms with van der Waals surface area (Å²) >= 11 is 0. The molecular formula is C25H27F3N4O5. The molecule has 1 saturated heterocycles. The summed E-state index contributed by atoms with van der Waals surface area (Å²) in [5, 5.41) is 9.15. The molecule has 0 aromatic heterocycles. The van der Waals surface area contributed by atoms with E-state index in [1.807, 2.05) is 6.07 Å². The minimum Gasteiger partial charge on any atom is -0.493 e. The molecule has 9 nitrogen and oxygen atoms in total. The molecular weight excluding hydrogens is 493 g/mol. The number of halogens is 3. The zero-order chi connectivity index (χ0) is 26.6. The van der Waals surface area contributed by atoms with E-state index in [-0.39, 0.29) is 43.4 Å². The first-order valence-electron chi connectivity index (χ1n) is 11.6. The van der Waals surface area contributed by atoms with Gasteiger partial charge in [-0.3, -0.25) is 4.79 Å². The Labute approximate surface area is 211 Å². The van der Waals surface area contributed by atoms with Gasteiger partial charge in [0.1, 0.15) is 11.3 Å². The first kappa shape index (κ1) is 26.1. The lowest BCUT2D eigenvalue weighted by Gasteiger charge is -2.37. The monoisotopic (exact) mass is 520 g/mol. The van der Waals surface area contributed by atoms with E-state index in [1.165, 1.54) is 37.3 Å². The Balaban J connectivity index is 1.28. The number of likely N-dealkylation sites (tertiary alicyclic amines) is 1. The molecule has 1 spiro atoms. The van der Waals surface area contributed by atoms with Crippen LogP contribution in [0.3, 0.4) is 0 Å². The quantitative estimate of drug-likeness (QED) is 0.595. The van der Waals surface area contributed by atoms with Crippen LogP contribution in [0.1, 0.15) is 30.4 Å². The summed E-state index contributed by atoms with van der Waals surface area (Å²) in [5.41, 5.74) is -0.872.